The van der Waals surface area contributed by atoms with Gasteiger partial charge >= 0.3 is 12.2 Å². The number of para-hydroxylation sites is 1. The summed E-state index contributed by atoms with van der Waals surface area (Å²) in [6.07, 6.45) is -4.26. The molecule has 0 saturated carbocycles. The first kappa shape index (κ1) is 17.3. The minimum atomic E-state index is -4.45. The Kier molecular flexibility index (Phi) is 4.66. The number of halogens is 3. The number of rotatable bonds is 4. The molecule has 1 saturated heterocycles. The van der Waals surface area contributed by atoms with Crippen molar-refractivity contribution in [3.8, 4) is 5.75 Å². The van der Waals surface area contributed by atoms with Crippen LogP contribution in [-0.4, -0.2) is 42.3 Å². The molecular weight excluding hydrogens is 361 g/mol. The average Bonchev–Trinajstić information content (AvgIpc) is 3.09. The maximum Gasteiger partial charge on any atom is 0.422 e. The van der Waals surface area contributed by atoms with Crippen LogP contribution < -0.4 is 20.7 Å². The first-order chi connectivity index (χ1) is 11.8. The molecule has 134 valence electrons. The molecule has 11 heteroatoms. The number of carbonyl (C=O) groups is 2. The minimum absolute atomic E-state index is 0.00915. The van der Waals surface area contributed by atoms with Crippen LogP contribution in [0.25, 0.3) is 10.2 Å². The number of urea groups is 1. The second-order valence-corrected chi connectivity index (χ2v) is 6.36. The normalized spacial score (nSPS) is 17.4. The van der Waals surface area contributed by atoms with E-state index in [1.165, 1.54) is 6.07 Å². The van der Waals surface area contributed by atoms with Gasteiger partial charge in [0.2, 0.25) is 5.91 Å². The lowest BCUT2D eigenvalue weighted by Gasteiger charge is -2.10. The quantitative estimate of drug-likeness (QED) is 0.765. The van der Waals surface area contributed by atoms with Crippen LogP contribution in [0.2, 0.25) is 0 Å². The van der Waals surface area contributed by atoms with Gasteiger partial charge in [-0.15, -0.1) is 0 Å². The van der Waals surface area contributed by atoms with E-state index in [2.05, 4.69) is 20.9 Å². The van der Waals surface area contributed by atoms with Crippen molar-refractivity contribution < 1.29 is 27.5 Å². The Labute approximate surface area is 143 Å². The van der Waals surface area contributed by atoms with Crippen LogP contribution >= 0.6 is 11.3 Å². The van der Waals surface area contributed by atoms with Gasteiger partial charge in [0.05, 0.1) is 10.7 Å². The van der Waals surface area contributed by atoms with Crippen LogP contribution in [0.15, 0.2) is 18.2 Å². The van der Waals surface area contributed by atoms with Gasteiger partial charge < -0.3 is 15.4 Å². The minimum Gasteiger partial charge on any atom is -0.482 e. The molecule has 3 amide bonds. The summed E-state index contributed by atoms with van der Waals surface area (Å²) >= 11 is 1.10. The van der Waals surface area contributed by atoms with E-state index in [4.69, 9.17) is 4.74 Å². The second kappa shape index (κ2) is 6.75. The molecule has 7 nitrogen and oxygen atoms in total. The van der Waals surface area contributed by atoms with Crippen molar-refractivity contribution in [1.82, 2.24) is 15.6 Å². The lowest BCUT2D eigenvalue weighted by Crippen LogP contribution is -2.39. The van der Waals surface area contributed by atoms with Gasteiger partial charge in [-0.25, -0.2) is 9.78 Å². The Hall–Kier alpha value is -2.56. The fraction of sp³-hybridized carbons (Fsp3) is 0.357. The number of fused-ring (bicyclic) bond motifs is 1. The summed E-state index contributed by atoms with van der Waals surface area (Å²) < 4.78 is 42.3. The number of anilines is 1. The van der Waals surface area contributed by atoms with E-state index in [0.29, 0.717) is 11.2 Å². The molecule has 1 aliphatic heterocycles. The number of nitrogens with zero attached hydrogens (tertiary/aromatic N) is 1. The van der Waals surface area contributed by atoms with Crippen LogP contribution in [0.4, 0.5) is 23.1 Å². The highest BCUT2D eigenvalue weighted by Crippen LogP contribution is 2.33. The Morgan fingerprint density at radius 3 is 2.92 bits per heavy atom. The van der Waals surface area contributed by atoms with Crippen molar-refractivity contribution >= 4 is 38.6 Å². The maximum atomic E-state index is 12.3. The van der Waals surface area contributed by atoms with E-state index in [-0.39, 0.29) is 34.8 Å². The maximum absolute atomic E-state index is 12.3. The number of benzene rings is 1. The first-order valence-electron chi connectivity index (χ1n) is 7.23. The Bertz CT molecular complexity index is 808. The number of thiazole rings is 1. The molecule has 3 N–H and O–H groups in total. The summed E-state index contributed by atoms with van der Waals surface area (Å²) in [6.45, 7) is -1.07. The molecule has 1 aromatic heterocycles. The molecule has 1 aromatic carbocycles. The number of hydrogen-bond acceptors (Lipinski definition) is 5. The van der Waals surface area contributed by atoms with Crippen molar-refractivity contribution in [3.63, 3.8) is 0 Å². The third-order valence-electron chi connectivity index (χ3n) is 3.31. The average molecular weight is 374 g/mol. The molecule has 0 aliphatic carbocycles. The molecule has 0 bridgehead atoms. The summed E-state index contributed by atoms with van der Waals surface area (Å²) in [5.41, 5.74) is 0.241. The van der Waals surface area contributed by atoms with Gasteiger partial charge in [-0.3, -0.25) is 10.1 Å². The second-order valence-electron chi connectivity index (χ2n) is 5.33. The zero-order valence-electron chi connectivity index (χ0n) is 12.6. The molecular formula is C14H13F3N4O3S. The van der Waals surface area contributed by atoms with Crippen molar-refractivity contribution in [3.05, 3.63) is 18.2 Å². The summed E-state index contributed by atoms with van der Waals surface area (Å²) in [7, 11) is 0. The lowest BCUT2D eigenvalue weighted by molar-refractivity contribution is -0.153. The van der Waals surface area contributed by atoms with Crippen LogP contribution in [-0.2, 0) is 4.79 Å². The first-order valence-corrected chi connectivity index (χ1v) is 8.05. The Balaban J connectivity index is 1.68. The van der Waals surface area contributed by atoms with Crippen molar-refractivity contribution in [1.29, 1.82) is 0 Å². The molecule has 0 radical (unpaired) electrons. The molecule has 2 aromatic rings. The third kappa shape index (κ3) is 4.50. The summed E-state index contributed by atoms with van der Waals surface area (Å²) in [6, 6.07) is 3.74. The van der Waals surface area contributed by atoms with Crippen LogP contribution in [0.3, 0.4) is 0 Å². The van der Waals surface area contributed by atoms with E-state index >= 15 is 0 Å². The molecule has 3 rings (SSSR count). The number of alkyl halides is 3. The molecule has 1 atom stereocenters. The van der Waals surface area contributed by atoms with E-state index in [9.17, 15) is 22.8 Å². The van der Waals surface area contributed by atoms with E-state index in [1.807, 2.05) is 0 Å². The molecule has 25 heavy (non-hydrogen) atoms. The number of hydrogen-bond donors (Lipinski definition) is 3. The van der Waals surface area contributed by atoms with Gasteiger partial charge in [0.25, 0.3) is 0 Å². The highest BCUT2D eigenvalue weighted by molar-refractivity contribution is 7.22. The van der Waals surface area contributed by atoms with Gasteiger partial charge in [-0.1, -0.05) is 17.4 Å². The van der Waals surface area contributed by atoms with Gasteiger partial charge in [0.15, 0.2) is 11.7 Å². The molecule has 1 aliphatic rings. The monoisotopic (exact) mass is 374 g/mol. The van der Waals surface area contributed by atoms with Crippen molar-refractivity contribution in [2.24, 2.45) is 0 Å². The van der Waals surface area contributed by atoms with E-state index in [0.717, 1.165) is 11.3 Å². The fourth-order valence-corrected chi connectivity index (χ4v) is 3.16. The fourth-order valence-electron chi connectivity index (χ4n) is 2.28. The van der Waals surface area contributed by atoms with Gasteiger partial charge in [-0.05, 0) is 12.1 Å². The zero-order valence-corrected chi connectivity index (χ0v) is 13.5. The number of aromatic nitrogens is 1. The number of ether oxygens (including phenoxy) is 1. The SMILES string of the molecule is O=C1CC(NC(=O)Nc2nc3c(OCC(F)(F)F)cccc3s2)CN1. The van der Waals surface area contributed by atoms with Crippen molar-refractivity contribution in [2.75, 3.05) is 18.5 Å². The third-order valence-corrected chi connectivity index (χ3v) is 4.24. The molecule has 0 spiro atoms. The largest absolute Gasteiger partial charge is 0.482 e. The van der Waals surface area contributed by atoms with Gasteiger partial charge in [-0.2, -0.15) is 13.2 Å². The van der Waals surface area contributed by atoms with Crippen molar-refractivity contribution in [2.45, 2.75) is 18.6 Å². The summed E-state index contributed by atoms with van der Waals surface area (Å²) in [5, 5.41) is 7.93. The topological polar surface area (TPSA) is 92.4 Å². The zero-order chi connectivity index (χ0) is 18.0. The standard InChI is InChI=1S/C14H13F3N4O3S/c15-14(16,17)6-24-8-2-1-3-9-11(8)20-13(25-9)21-12(23)19-7-4-10(22)18-5-7/h1-3,7H,4-6H2,(H,18,22)(H2,19,20,21,23). The van der Waals surface area contributed by atoms with Crippen LogP contribution in [0, 0.1) is 0 Å². The number of amides is 3. The van der Waals surface area contributed by atoms with E-state index < -0.39 is 18.8 Å². The van der Waals surface area contributed by atoms with Crippen LogP contribution in [0.1, 0.15) is 6.42 Å². The highest BCUT2D eigenvalue weighted by atomic mass is 32.1. The van der Waals surface area contributed by atoms with E-state index in [1.54, 1.807) is 12.1 Å². The Morgan fingerprint density at radius 2 is 2.24 bits per heavy atom. The molecule has 1 fully saturated rings. The predicted molar refractivity (Wildman–Crippen MR) is 84.7 cm³/mol. The smallest absolute Gasteiger partial charge is 0.422 e. The summed E-state index contributed by atoms with van der Waals surface area (Å²) in [5.74, 6) is -0.151. The Morgan fingerprint density at radius 1 is 1.44 bits per heavy atom. The lowest BCUT2D eigenvalue weighted by atomic mass is 10.3. The summed E-state index contributed by atoms with van der Waals surface area (Å²) in [4.78, 5) is 27.1. The highest BCUT2D eigenvalue weighted by Gasteiger charge is 2.29. The van der Waals surface area contributed by atoms with Gasteiger partial charge in [0.1, 0.15) is 11.3 Å². The molecule has 2 heterocycles. The van der Waals surface area contributed by atoms with Crippen LogP contribution in [0.5, 0.6) is 5.75 Å². The number of carbonyl (C=O) groups excluding carboxylic acids is 2. The predicted octanol–water partition coefficient (Wildman–Crippen LogP) is 2.25. The number of nitrogens with one attached hydrogen (secondary N) is 3. The molecule has 1 unspecified atom stereocenters. The van der Waals surface area contributed by atoms with Gasteiger partial charge in [0, 0.05) is 13.0 Å².